The topological polar surface area (TPSA) is 24.4 Å². The van der Waals surface area contributed by atoms with Gasteiger partial charge in [0.05, 0.1) is 0 Å². The van der Waals surface area contributed by atoms with E-state index >= 15 is 0 Å². The van der Waals surface area contributed by atoms with E-state index in [1.807, 2.05) is 7.05 Å². The molecule has 1 N–H and O–H groups in total. The zero-order chi connectivity index (χ0) is 5.98. The van der Waals surface area contributed by atoms with Crippen molar-refractivity contribution in [3.63, 3.8) is 0 Å². The third-order valence-electron chi connectivity index (χ3n) is 1.61. The van der Waals surface area contributed by atoms with Crippen molar-refractivity contribution in [1.29, 1.82) is 0 Å². The predicted molar refractivity (Wildman–Crippen MR) is 35.4 cm³/mol. The highest BCUT2D eigenvalue weighted by Gasteiger charge is 2.15. The Morgan fingerprint density at radius 3 is 2.75 bits per heavy atom. The van der Waals surface area contributed by atoms with Crippen molar-refractivity contribution in [1.82, 2.24) is 5.32 Å². The first-order valence-corrected chi connectivity index (χ1v) is 3.01. The number of nitrogens with one attached hydrogen (secondary N) is 1. The van der Waals surface area contributed by atoms with E-state index in [0.717, 1.165) is 13.1 Å². The van der Waals surface area contributed by atoms with Crippen LogP contribution in [0.4, 0.5) is 0 Å². The second-order valence-electron chi connectivity index (χ2n) is 2.25. The van der Waals surface area contributed by atoms with Crippen molar-refractivity contribution in [2.24, 2.45) is 10.9 Å². The van der Waals surface area contributed by atoms with Crippen LogP contribution in [0.25, 0.3) is 0 Å². The van der Waals surface area contributed by atoms with Crippen LogP contribution in [0.1, 0.15) is 6.92 Å². The molecule has 0 spiro atoms. The molecule has 0 aliphatic carbocycles. The molecule has 1 fully saturated rings. The van der Waals surface area contributed by atoms with Gasteiger partial charge in [0.2, 0.25) is 0 Å². The lowest BCUT2D eigenvalue weighted by molar-refractivity contribution is 0.740. The molecule has 0 amide bonds. The molecular formula is C6H12N2. The van der Waals surface area contributed by atoms with E-state index in [2.05, 4.69) is 17.2 Å². The first-order chi connectivity index (χ1) is 3.84. The fourth-order valence-electron chi connectivity index (χ4n) is 1.01. The minimum Gasteiger partial charge on any atom is -0.311 e. The van der Waals surface area contributed by atoms with E-state index in [4.69, 9.17) is 0 Å². The van der Waals surface area contributed by atoms with Gasteiger partial charge in [-0.15, -0.1) is 0 Å². The lowest BCUT2D eigenvalue weighted by Gasteiger charge is -1.96. The van der Waals surface area contributed by atoms with Crippen molar-refractivity contribution in [3.05, 3.63) is 0 Å². The molecule has 0 aromatic carbocycles. The van der Waals surface area contributed by atoms with E-state index < -0.39 is 0 Å². The quantitative estimate of drug-likeness (QED) is 0.479. The van der Waals surface area contributed by atoms with Crippen LogP contribution in [0, 0.1) is 5.92 Å². The summed E-state index contributed by atoms with van der Waals surface area (Å²) in [6.45, 7) is 4.30. The second-order valence-corrected chi connectivity index (χ2v) is 2.25. The molecule has 1 saturated heterocycles. The van der Waals surface area contributed by atoms with Gasteiger partial charge in [0.1, 0.15) is 0 Å². The summed E-state index contributed by atoms with van der Waals surface area (Å²) in [5.41, 5.74) is 1.31. The van der Waals surface area contributed by atoms with E-state index in [1.165, 1.54) is 5.71 Å². The van der Waals surface area contributed by atoms with Crippen LogP contribution in [-0.2, 0) is 0 Å². The van der Waals surface area contributed by atoms with Crippen LogP contribution in [0.15, 0.2) is 4.99 Å². The van der Waals surface area contributed by atoms with Gasteiger partial charge in [0.15, 0.2) is 0 Å². The van der Waals surface area contributed by atoms with Crippen LogP contribution >= 0.6 is 0 Å². The van der Waals surface area contributed by atoms with Crippen molar-refractivity contribution in [2.45, 2.75) is 6.92 Å². The number of nitrogens with zero attached hydrogens (tertiary/aromatic N) is 1. The van der Waals surface area contributed by atoms with Gasteiger partial charge in [0.25, 0.3) is 0 Å². The molecule has 8 heavy (non-hydrogen) atoms. The molecule has 1 aliphatic heterocycles. The summed E-state index contributed by atoms with van der Waals surface area (Å²) in [5, 5.41) is 3.24. The molecule has 2 nitrogen and oxygen atoms in total. The monoisotopic (exact) mass is 112 g/mol. The van der Waals surface area contributed by atoms with E-state index in [9.17, 15) is 0 Å². The maximum Gasteiger partial charge on any atom is 0.0338 e. The first-order valence-electron chi connectivity index (χ1n) is 3.01. The van der Waals surface area contributed by atoms with Gasteiger partial charge in [-0.1, -0.05) is 6.92 Å². The van der Waals surface area contributed by atoms with Crippen LogP contribution in [0.5, 0.6) is 0 Å². The molecule has 0 aromatic rings. The Kier molecular flexibility index (Phi) is 1.63. The summed E-state index contributed by atoms with van der Waals surface area (Å²) in [4.78, 5) is 4.12. The molecule has 46 valence electrons. The number of aliphatic imine (C=N–C) groups is 1. The van der Waals surface area contributed by atoms with E-state index in [0.29, 0.717) is 5.92 Å². The van der Waals surface area contributed by atoms with E-state index in [1.54, 1.807) is 0 Å². The maximum atomic E-state index is 4.12. The van der Waals surface area contributed by atoms with Crippen molar-refractivity contribution in [3.8, 4) is 0 Å². The normalized spacial score (nSPS) is 34.2. The fraction of sp³-hybridized carbons (Fsp3) is 0.833. The summed E-state index contributed by atoms with van der Waals surface area (Å²) in [7, 11) is 1.86. The summed E-state index contributed by atoms with van der Waals surface area (Å²) in [6.07, 6.45) is 0. The lowest BCUT2D eigenvalue weighted by Crippen LogP contribution is -2.07. The third-order valence-corrected chi connectivity index (χ3v) is 1.61. The molecular weight excluding hydrogens is 100 g/mol. The van der Waals surface area contributed by atoms with Crippen molar-refractivity contribution < 1.29 is 0 Å². The van der Waals surface area contributed by atoms with Gasteiger partial charge in [-0.05, 0) is 0 Å². The standard InChI is InChI=1S/C6H12N2/c1-5-3-8-4-6(5)7-2/h5,8H,3-4H2,1-2H3/b7-6+. The van der Waals surface area contributed by atoms with Crippen molar-refractivity contribution >= 4 is 5.71 Å². The molecule has 1 heterocycles. The Morgan fingerprint density at radius 1 is 1.75 bits per heavy atom. The Bertz CT molecular complexity index is 107. The molecule has 0 aromatic heterocycles. The van der Waals surface area contributed by atoms with Crippen molar-refractivity contribution in [2.75, 3.05) is 20.1 Å². The maximum absolute atomic E-state index is 4.12. The Morgan fingerprint density at radius 2 is 2.50 bits per heavy atom. The minimum absolute atomic E-state index is 0.667. The SMILES string of the molecule is C/N=C1\CNCC1C. The second kappa shape index (κ2) is 2.27. The number of rotatable bonds is 0. The van der Waals surface area contributed by atoms with Gasteiger partial charge < -0.3 is 5.32 Å². The molecule has 1 unspecified atom stereocenters. The minimum atomic E-state index is 0.667. The molecule has 2 heteroatoms. The summed E-state index contributed by atoms with van der Waals surface area (Å²) in [5.74, 6) is 0.667. The zero-order valence-electron chi connectivity index (χ0n) is 5.44. The highest BCUT2D eigenvalue weighted by Crippen LogP contribution is 2.01. The van der Waals surface area contributed by atoms with Crippen LogP contribution in [0.2, 0.25) is 0 Å². The molecule has 1 atom stereocenters. The third kappa shape index (κ3) is 0.892. The summed E-state index contributed by atoms with van der Waals surface area (Å²) >= 11 is 0. The molecule has 0 saturated carbocycles. The van der Waals surface area contributed by atoms with Gasteiger partial charge in [-0.2, -0.15) is 0 Å². The number of hydrogen-bond donors (Lipinski definition) is 1. The zero-order valence-corrected chi connectivity index (χ0v) is 5.44. The van der Waals surface area contributed by atoms with Gasteiger partial charge in [0, 0.05) is 31.8 Å². The summed E-state index contributed by atoms with van der Waals surface area (Å²) in [6, 6.07) is 0. The Labute approximate surface area is 50.0 Å². The number of hydrogen-bond acceptors (Lipinski definition) is 2. The lowest BCUT2D eigenvalue weighted by atomic mass is 10.1. The Hall–Kier alpha value is -0.370. The van der Waals surface area contributed by atoms with Crippen LogP contribution in [0.3, 0.4) is 0 Å². The van der Waals surface area contributed by atoms with Gasteiger partial charge >= 0.3 is 0 Å². The first kappa shape index (κ1) is 5.76. The Balaban J connectivity index is 2.55. The van der Waals surface area contributed by atoms with Gasteiger partial charge in [-0.25, -0.2) is 0 Å². The average molecular weight is 112 g/mol. The predicted octanol–water partition coefficient (Wildman–Crippen LogP) is 0.296. The molecule has 1 aliphatic rings. The molecule has 1 rings (SSSR count). The smallest absolute Gasteiger partial charge is 0.0338 e. The summed E-state index contributed by atoms with van der Waals surface area (Å²) < 4.78 is 0. The van der Waals surface area contributed by atoms with Crippen LogP contribution < -0.4 is 5.32 Å². The highest BCUT2D eigenvalue weighted by atomic mass is 14.9. The fourth-order valence-corrected chi connectivity index (χ4v) is 1.01. The molecule has 0 bridgehead atoms. The van der Waals surface area contributed by atoms with Crippen LogP contribution in [-0.4, -0.2) is 25.8 Å². The van der Waals surface area contributed by atoms with E-state index in [-0.39, 0.29) is 0 Å². The van der Waals surface area contributed by atoms with Gasteiger partial charge in [-0.3, -0.25) is 4.99 Å². The molecule has 0 radical (unpaired) electrons. The largest absolute Gasteiger partial charge is 0.311 e. The highest BCUT2D eigenvalue weighted by molar-refractivity contribution is 5.90. The average Bonchev–Trinajstić information content (AvgIpc) is 2.14.